The molecule has 1 saturated heterocycles. The molecule has 1 rings (SSSR count). The van der Waals surface area contributed by atoms with Crippen molar-refractivity contribution in [2.45, 2.75) is 12.5 Å². The second-order valence-corrected chi connectivity index (χ2v) is 4.34. The smallest absolute Gasteiger partial charge is 0.0826 e. The molecule has 1 heterocycles. The minimum atomic E-state index is 0.308. The zero-order chi connectivity index (χ0) is 12.3. The van der Waals surface area contributed by atoms with E-state index in [0.29, 0.717) is 6.10 Å². The molecule has 5 heteroatoms. The summed E-state index contributed by atoms with van der Waals surface area (Å²) in [5, 5.41) is 3.36. The summed E-state index contributed by atoms with van der Waals surface area (Å²) >= 11 is 0. The third-order valence-corrected chi connectivity index (χ3v) is 2.90. The standard InChI is InChI=1S/C12H26N2O3/c1-15-7-3-5-14(6-9-16-2)11-12-10-13-4-8-17-12/h12-13H,3-11H2,1-2H3. The van der Waals surface area contributed by atoms with Gasteiger partial charge in [-0.2, -0.15) is 0 Å². The number of hydrogen-bond acceptors (Lipinski definition) is 5. The van der Waals surface area contributed by atoms with Crippen molar-refractivity contribution in [2.24, 2.45) is 0 Å². The molecule has 0 aromatic carbocycles. The fourth-order valence-electron chi connectivity index (χ4n) is 1.97. The molecule has 0 aromatic rings. The molecule has 0 aromatic heterocycles. The lowest BCUT2D eigenvalue weighted by atomic mass is 10.2. The molecule has 1 aliphatic rings. The summed E-state index contributed by atoms with van der Waals surface area (Å²) in [6.07, 6.45) is 1.36. The van der Waals surface area contributed by atoms with Gasteiger partial charge in [0.15, 0.2) is 0 Å². The Bertz CT molecular complexity index is 175. The molecule has 0 bridgehead atoms. The van der Waals surface area contributed by atoms with E-state index >= 15 is 0 Å². The molecule has 0 radical (unpaired) electrons. The van der Waals surface area contributed by atoms with Crippen molar-refractivity contribution in [2.75, 3.05) is 66.8 Å². The lowest BCUT2D eigenvalue weighted by Gasteiger charge is -2.30. The van der Waals surface area contributed by atoms with E-state index in [1.165, 1.54) is 0 Å². The van der Waals surface area contributed by atoms with Crippen LogP contribution >= 0.6 is 0 Å². The van der Waals surface area contributed by atoms with Crippen molar-refractivity contribution in [1.29, 1.82) is 0 Å². The molecule has 1 aliphatic heterocycles. The normalized spacial score (nSPS) is 21.0. The molecule has 1 atom stereocenters. The third kappa shape index (κ3) is 6.95. The Morgan fingerprint density at radius 2 is 2.06 bits per heavy atom. The molecular formula is C12H26N2O3. The first-order valence-electron chi connectivity index (χ1n) is 6.39. The highest BCUT2D eigenvalue weighted by Crippen LogP contribution is 2.01. The third-order valence-electron chi connectivity index (χ3n) is 2.90. The molecule has 0 spiro atoms. The average Bonchev–Trinajstić information content (AvgIpc) is 2.37. The molecule has 1 unspecified atom stereocenters. The SMILES string of the molecule is COCCCN(CCOC)CC1CNCCO1. The number of nitrogens with zero attached hydrogens (tertiary/aromatic N) is 1. The van der Waals surface area contributed by atoms with Gasteiger partial charge in [-0.25, -0.2) is 0 Å². The number of ether oxygens (including phenoxy) is 3. The summed E-state index contributed by atoms with van der Waals surface area (Å²) in [6, 6.07) is 0. The van der Waals surface area contributed by atoms with Crippen LogP contribution in [-0.2, 0) is 14.2 Å². The predicted octanol–water partition coefficient (Wildman–Crippen LogP) is -0.0403. The van der Waals surface area contributed by atoms with Gasteiger partial charge in [-0.05, 0) is 6.42 Å². The van der Waals surface area contributed by atoms with E-state index in [0.717, 1.165) is 59.0 Å². The van der Waals surface area contributed by atoms with Gasteiger partial charge in [0.1, 0.15) is 0 Å². The zero-order valence-corrected chi connectivity index (χ0v) is 11.1. The van der Waals surface area contributed by atoms with Crippen LogP contribution < -0.4 is 5.32 Å². The molecule has 5 nitrogen and oxygen atoms in total. The van der Waals surface area contributed by atoms with Gasteiger partial charge in [-0.15, -0.1) is 0 Å². The molecule has 1 N–H and O–H groups in total. The second-order valence-electron chi connectivity index (χ2n) is 4.34. The summed E-state index contributed by atoms with van der Waals surface area (Å²) < 4.78 is 15.9. The van der Waals surface area contributed by atoms with E-state index < -0.39 is 0 Å². The maximum Gasteiger partial charge on any atom is 0.0826 e. The Balaban J connectivity index is 2.22. The fraction of sp³-hybridized carbons (Fsp3) is 1.00. The van der Waals surface area contributed by atoms with Crippen molar-refractivity contribution in [3.05, 3.63) is 0 Å². The quantitative estimate of drug-likeness (QED) is 0.578. The summed E-state index contributed by atoms with van der Waals surface area (Å²) in [7, 11) is 3.49. The fourth-order valence-corrected chi connectivity index (χ4v) is 1.97. The van der Waals surface area contributed by atoms with Crippen molar-refractivity contribution in [1.82, 2.24) is 10.2 Å². The summed E-state index contributed by atoms with van der Waals surface area (Å²) in [5.41, 5.74) is 0. The largest absolute Gasteiger partial charge is 0.385 e. The molecule has 102 valence electrons. The average molecular weight is 246 g/mol. The van der Waals surface area contributed by atoms with Crippen LogP contribution in [0.4, 0.5) is 0 Å². The number of morpholine rings is 1. The van der Waals surface area contributed by atoms with Crippen LogP contribution in [0.25, 0.3) is 0 Å². The molecule has 0 saturated carbocycles. The predicted molar refractivity (Wildman–Crippen MR) is 67.4 cm³/mol. The van der Waals surface area contributed by atoms with Gasteiger partial charge < -0.3 is 19.5 Å². The topological polar surface area (TPSA) is 43.0 Å². The Hall–Kier alpha value is -0.200. The maximum atomic E-state index is 5.72. The molecule has 0 aliphatic carbocycles. The molecular weight excluding hydrogens is 220 g/mol. The zero-order valence-electron chi connectivity index (χ0n) is 11.1. The Labute approximate surface area is 104 Å². The number of nitrogens with one attached hydrogen (secondary N) is 1. The first-order valence-corrected chi connectivity index (χ1v) is 6.39. The summed E-state index contributed by atoms with van der Waals surface area (Å²) in [5.74, 6) is 0. The number of rotatable bonds is 9. The van der Waals surface area contributed by atoms with Crippen LogP contribution in [0.15, 0.2) is 0 Å². The van der Waals surface area contributed by atoms with Crippen molar-refractivity contribution in [3.8, 4) is 0 Å². The van der Waals surface area contributed by atoms with Crippen LogP contribution in [-0.4, -0.2) is 77.8 Å². The summed E-state index contributed by atoms with van der Waals surface area (Å²) in [4.78, 5) is 2.39. The first kappa shape index (κ1) is 14.9. The highest BCUT2D eigenvalue weighted by Gasteiger charge is 2.17. The van der Waals surface area contributed by atoms with Gasteiger partial charge in [0, 0.05) is 53.6 Å². The minimum absolute atomic E-state index is 0.308. The molecule has 17 heavy (non-hydrogen) atoms. The molecule has 0 amide bonds. The van der Waals surface area contributed by atoms with Gasteiger partial charge in [0.2, 0.25) is 0 Å². The van der Waals surface area contributed by atoms with E-state index in [4.69, 9.17) is 14.2 Å². The van der Waals surface area contributed by atoms with Gasteiger partial charge in [0.05, 0.1) is 19.3 Å². The Morgan fingerprint density at radius 1 is 1.24 bits per heavy atom. The van der Waals surface area contributed by atoms with Crippen LogP contribution in [0.5, 0.6) is 0 Å². The lowest BCUT2D eigenvalue weighted by Crippen LogP contribution is -2.46. The van der Waals surface area contributed by atoms with Gasteiger partial charge in [0.25, 0.3) is 0 Å². The molecule has 1 fully saturated rings. The van der Waals surface area contributed by atoms with E-state index in [-0.39, 0.29) is 0 Å². The first-order chi connectivity index (χ1) is 8.36. The van der Waals surface area contributed by atoms with E-state index in [1.54, 1.807) is 14.2 Å². The Morgan fingerprint density at radius 3 is 2.71 bits per heavy atom. The van der Waals surface area contributed by atoms with Crippen molar-refractivity contribution >= 4 is 0 Å². The lowest BCUT2D eigenvalue weighted by molar-refractivity contribution is 0.000168. The number of hydrogen-bond donors (Lipinski definition) is 1. The maximum absolute atomic E-state index is 5.72. The van der Waals surface area contributed by atoms with Crippen LogP contribution in [0.2, 0.25) is 0 Å². The highest BCUT2D eigenvalue weighted by atomic mass is 16.5. The van der Waals surface area contributed by atoms with E-state index in [9.17, 15) is 0 Å². The van der Waals surface area contributed by atoms with Gasteiger partial charge in [-0.1, -0.05) is 0 Å². The van der Waals surface area contributed by atoms with E-state index in [1.807, 2.05) is 0 Å². The number of methoxy groups -OCH3 is 2. The van der Waals surface area contributed by atoms with Gasteiger partial charge in [-0.3, -0.25) is 4.90 Å². The minimum Gasteiger partial charge on any atom is -0.385 e. The second kappa shape index (κ2) is 9.79. The van der Waals surface area contributed by atoms with Crippen LogP contribution in [0, 0.1) is 0 Å². The van der Waals surface area contributed by atoms with E-state index in [2.05, 4.69) is 10.2 Å². The van der Waals surface area contributed by atoms with Gasteiger partial charge >= 0.3 is 0 Å². The monoisotopic (exact) mass is 246 g/mol. The Kier molecular flexibility index (Phi) is 8.56. The van der Waals surface area contributed by atoms with Crippen molar-refractivity contribution in [3.63, 3.8) is 0 Å². The van der Waals surface area contributed by atoms with Crippen molar-refractivity contribution < 1.29 is 14.2 Å². The van der Waals surface area contributed by atoms with Crippen LogP contribution in [0.3, 0.4) is 0 Å². The highest BCUT2D eigenvalue weighted by molar-refractivity contribution is 4.72. The summed E-state index contributed by atoms with van der Waals surface area (Å²) in [6.45, 7) is 7.30. The van der Waals surface area contributed by atoms with Crippen LogP contribution in [0.1, 0.15) is 6.42 Å².